The zero-order valence-electron chi connectivity index (χ0n) is 11.0. The molecular weight excluding hydrogens is 393 g/mol. The molecule has 0 unspecified atom stereocenters. The Morgan fingerprint density at radius 3 is 2.62 bits per heavy atom. The Hall–Kier alpha value is -1.70. The summed E-state index contributed by atoms with van der Waals surface area (Å²) in [4.78, 5) is 11.8. The van der Waals surface area contributed by atoms with Crippen molar-refractivity contribution in [2.75, 3.05) is 6.61 Å². The monoisotopic (exact) mass is 404 g/mol. The summed E-state index contributed by atoms with van der Waals surface area (Å²) in [5.74, 6) is -2.35. The van der Waals surface area contributed by atoms with Gasteiger partial charge >= 0.3 is 5.97 Å². The summed E-state index contributed by atoms with van der Waals surface area (Å²) in [6.07, 6.45) is 0. The van der Waals surface area contributed by atoms with E-state index in [0.29, 0.717) is 9.13 Å². The molecule has 21 heavy (non-hydrogen) atoms. The third-order valence-corrected chi connectivity index (χ3v) is 3.62. The molecule has 2 aromatic carbocycles. The van der Waals surface area contributed by atoms with Crippen LogP contribution < -0.4 is 0 Å². The lowest BCUT2D eigenvalue weighted by molar-refractivity contribution is 0.0523. The van der Waals surface area contributed by atoms with Crippen LogP contribution >= 0.6 is 22.6 Å². The van der Waals surface area contributed by atoms with Crippen LogP contribution in [-0.2, 0) is 4.74 Å². The fraction of sp³-hybridized carbons (Fsp3) is 0.133. The van der Waals surface area contributed by atoms with Crippen molar-refractivity contribution in [2.24, 2.45) is 0 Å². The zero-order chi connectivity index (χ0) is 15.6. The van der Waals surface area contributed by atoms with Gasteiger partial charge in [-0.2, -0.15) is 0 Å². The van der Waals surface area contributed by atoms with E-state index in [1.807, 2.05) is 22.6 Å². The largest absolute Gasteiger partial charge is 0.506 e. The van der Waals surface area contributed by atoms with Crippen molar-refractivity contribution in [1.82, 2.24) is 0 Å². The fourth-order valence-electron chi connectivity index (χ4n) is 1.84. The van der Waals surface area contributed by atoms with Gasteiger partial charge in [-0.3, -0.25) is 0 Å². The Kier molecular flexibility index (Phi) is 4.76. The van der Waals surface area contributed by atoms with E-state index in [2.05, 4.69) is 0 Å². The Labute approximate surface area is 133 Å². The number of hydrogen-bond acceptors (Lipinski definition) is 3. The van der Waals surface area contributed by atoms with Crippen molar-refractivity contribution in [3.63, 3.8) is 0 Å². The number of esters is 1. The first-order chi connectivity index (χ1) is 9.93. The van der Waals surface area contributed by atoms with E-state index in [1.165, 1.54) is 18.2 Å². The van der Waals surface area contributed by atoms with Crippen molar-refractivity contribution in [2.45, 2.75) is 6.92 Å². The second-order valence-electron chi connectivity index (χ2n) is 4.20. The minimum atomic E-state index is -0.744. The maximum absolute atomic E-state index is 13.8. The standard InChI is InChI=1S/C15H11F2IO3/c1-2-21-15(20)11-5-8(6-13(18)14(11)19)10-4-3-9(16)7-12(10)17/h3-7,19H,2H2,1H3. The molecule has 0 saturated carbocycles. The van der Waals surface area contributed by atoms with Gasteiger partial charge in [-0.25, -0.2) is 13.6 Å². The van der Waals surface area contributed by atoms with Gasteiger partial charge in [-0.05, 0) is 59.3 Å². The third-order valence-electron chi connectivity index (χ3n) is 2.80. The van der Waals surface area contributed by atoms with Gasteiger partial charge in [0.1, 0.15) is 22.9 Å². The van der Waals surface area contributed by atoms with Crippen molar-refractivity contribution < 1.29 is 23.4 Å². The van der Waals surface area contributed by atoms with E-state index in [-0.39, 0.29) is 23.5 Å². The predicted molar refractivity (Wildman–Crippen MR) is 82.1 cm³/mol. The van der Waals surface area contributed by atoms with Crippen LogP contribution in [0, 0.1) is 15.2 Å². The number of halogens is 3. The molecule has 0 aliphatic carbocycles. The van der Waals surface area contributed by atoms with Crippen molar-refractivity contribution in [3.05, 3.63) is 51.1 Å². The smallest absolute Gasteiger partial charge is 0.341 e. The van der Waals surface area contributed by atoms with Crippen LogP contribution in [0.4, 0.5) is 8.78 Å². The van der Waals surface area contributed by atoms with E-state index in [1.54, 1.807) is 6.92 Å². The molecule has 0 aromatic heterocycles. The number of phenolic OH excluding ortho intramolecular Hbond substituents is 1. The first kappa shape index (κ1) is 15.7. The molecule has 0 spiro atoms. The number of carbonyl (C=O) groups is 1. The van der Waals surface area contributed by atoms with E-state index < -0.39 is 17.6 Å². The summed E-state index contributed by atoms with van der Waals surface area (Å²) in [7, 11) is 0. The zero-order valence-corrected chi connectivity index (χ0v) is 13.1. The molecule has 3 nitrogen and oxygen atoms in total. The minimum Gasteiger partial charge on any atom is -0.506 e. The van der Waals surface area contributed by atoms with Gasteiger partial charge in [0.2, 0.25) is 0 Å². The van der Waals surface area contributed by atoms with Gasteiger partial charge in [0.15, 0.2) is 0 Å². The van der Waals surface area contributed by atoms with Crippen LogP contribution in [0.3, 0.4) is 0 Å². The van der Waals surface area contributed by atoms with E-state index in [9.17, 15) is 18.7 Å². The highest BCUT2D eigenvalue weighted by Crippen LogP contribution is 2.33. The van der Waals surface area contributed by atoms with Gasteiger partial charge < -0.3 is 9.84 Å². The number of benzene rings is 2. The lowest BCUT2D eigenvalue weighted by Gasteiger charge is -2.10. The molecule has 0 bridgehead atoms. The van der Waals surface area contributed by atoms with Crippen LogP contribution in [0.1, 0.15) is 17.3 Å². The predicted octanol–water partition coefficient (Wildman–Crippen LogP) is 4.12. The Morgan fingerprint density at radius 2 is 2.00 bits per heavy atom. The van der Waals surface area contributed by atoms with Crippen LogP contribution in [-0.4, -0.2) is 17.7 Å². The molecule has 2 aromatic rings. The highest BCUT2D eigenvalue weighted by molar-refractivity contribution is 14.1. The molecule has 0 aliphatic rings. The molecule has 0 saturated heterocycles. The second-order valence-corrected chi connectivity index (χ2v) is 5.36. The summed E-state index contributed by atoms with van der Waals surface area (Å²) in [5.41, 5.74) is 0.445. The number of aromatic hydroxyl groups is 1. The SMILES string of the molecule is CCOC(=O)c1cc(-c2ccc(F)cc2F)cc(I)c1O. The molecular formula is C15H11F2IO3. The van der Waals surface area contributed by atoms with Crippen LogP contribution in [0.2, 0.25) is 0 Å². The summed E-state index contributed by atoms with van der Waals surface area (Å²) < 4.78 is 32.0. The van der Waals surface area contributed by atoms with Gasteiger partial charge in [-0.1, -0.05) is 0 Å². The van der Waals surface area contributed by atoms with Gasteiger partial charge in [0, 0.05) is 11.6 Å². The van der Waals surface area contributed by atoms with Crippen molar-refractivity contribution in [3.8, 4) is 16.9 Å². The lowest BCUT2D eigenvalue weighted by atomic mass is 10.0. The molecule has 6 heteroatoms. The number of rotatable bonds is 3. The van der Waals surface area contributed by atoms with E-state index >= 15 is 0 Å². The Balaban J connectivity index is 2.57. The molecule has 0 radical (unpaired) electrons. The minimum absolute atomic E-state index is 0.0533. The number of hydrogen-bond donors (Lipinski definition) is 1. The maximum atomic E-state index is 13.8. The number of carbonyl (C=O) groups excluding carboxylic acids is 1. The summed E-state index contributed by atoms with van der Waals surface area (Å²) in [5, 5.41) is 9.92. The molecule has 110 valence electrons. The van der Waals surface area contributed by atoms with Crippen LogP contribution in [0.25, 0.3) is 11.1 Å². The van der Waals surface area contributed by atoms with E-state index in [0.717, 1.165) is 12.1 Å². The Morgan fingerprint density at radius 1 is 1.29 bits per heavy atom. The topological polar surface area (TPSA) is 46.5 Å². The second kappa shape index (κ2) is 6.38. The first-order valence-electron chi connectivity index (χ1n) is 6.09. The Bertz CT molecular complexity index is 702. The maximum Gasteiger partial charge on any atom is 0.341 e. The van der Waals surface area contributed by atoms with Gasteiger partial charge in [0.25, 0.3) is 0 Å². The molecule has 2 rings (SSSR count). The van der Waals surface area contributed by atoms with Gasteiger partial charge in [-0.15, -0.1) is 0 Å². The molecule has 0 atom stereocenters. The summed E-state index contributed by atoms with van der Waals surface area (Å²) in [6.45, 7) is 1.80. The summed E-state index contributed by atoms with van der Waals surface area (Å²) in [6, 6.07) is 6.00. The number of ether oxygens (including phenoxy) is 1. The average Bonchev–Trinajstić information content (AvgIpc) is 2.42. The summed E-state index contributed by atoms with van der Waals surface area (Å²) >= 11 is 1.83. The quantitative estimate of drug-likeness (QED) is 0.619. The van der Waals surface area contributed by atoms with Crippen LogP contribution in [0.15, 0.2) is 30.3 Å². The lowest BCUT2D eigenvalue weighted by Crippen LogP contribution is -2.06. The normalized spacial score (nSPS) is 10.5. The van der Waals surface area contributed by atoms with Crippen molar-refractivity contribution in [1.29, 1.82) is 0 Å². The average molecular weight is 404 g/mol. The van der Waals surface area contributed by atoms with Crippen LogP contribution in [0.5, 0.6) is 5.75 Å². The molecule has 0 heterocycles. The molecule has 0 amide bonds. The highest BCUT2D eigenvalue weighted by atomic mass is 127. The van der Waals surface area contributed by atoms with Gasteiger partial charge in [0.05, 0.1) is 10.2 Å². The molecule has 0 fully saturated rings. The van der Waals surface area contributed by atoms with E-state index in [4.69, 9.17) is 4.74 Å². The third kappa shape index (κ3) is 3.31. The number of phenols is 1. The molecule has 1 N–H and O–H groups in total. The highest BCUT2D eigenvalue weighted by Gasteiger charge is 2.18. The van der Waals surface area contributed by atoms with Crippen molar-refractivity contribution >= 4 is 28.6 Å². The molecule has 0 aliphatic heterocycles. The fourth-order valence-corrected chi connectivity index (χ4v) is 2.47. The first-order valence-corrected chi connectivity index (χ1v) is 7.17.